The van der Waals surface area contributed by atoms with Crippen LogP contribution in [0.2, 0.25) is 0 Å². The average Bonchev–Trinajstić information content (AvgIpc) is 2.86. The summed E-state index contributed by atoms with van der Waals surface area (Å²) in [6, 6.07) is 2.19. The van der Waals surface area contributed by atoms with Crippen LogP contribution in [0.1, 0.15) is 37.1 Å². The Balaban J connectivity index is 1.83. The number of nitrogens with zero attached hydrogens (tertiary/aromatic N) is 2. The lowest BCUT2D eigenvalue weighted by atomic mass is 9.95. The number of carbonyl (C=O) groups is 1. The highest BCUT2D eigenvalue weighted by molar-refractivity contribution is 7.10. The lowest BCUT2D eigenvalue weighted by Crippen LogP contribution is -2.42. The fourth-order valence-electron chi connectivity index (χ4n) is 2.90. The number of amides is 1. The van der Waals surface area contributed by atoms with Crippen LogP contribution in [0, 0.1) is 12.8 Å². The molecule has 0 N–H and O–H groups in total. The second-order valence-corrected chi connectivity index (χ2v) is 6.59. The van der Waals surface area contributed by atoms with Gasteiger partial charge in [-0.1, -0.05) is 0 Å². The third-order valence-electron chi connectivity index (χ3n) is 4.35. The van der Waals surface area contributed by atoms with E-state index in [1.54, 1.807) is 0 Å². The number of thiophene rings is 1. The highest BCUT2D eigenvalue weighted by Crippen LogP contribution is 2.24. The summed E-state index contributed by atoms with van der Waals surface area (Å²) in [5, 5.41) is 2.17. The lowest BCUT2D eigenvalue weighted by molar-refractivity contribution is -0.136. The van der Waals surface area contributed by atoms with Gasteiger partial charge < -0.3 is 4.90 Å². The molecule has 0 saturated carbocycles. The highest BCUT2D eigenvalue weighted by Gasteiger charge is 2.27. The van der Waals surface area contributed by atoms with Gasteiger partial charge in [-0.15, -0.1) is 11.3 Å². The number of aryl methyl sites for hydroxylation is 1. The Hall–Kier alpha value is -0.870. The Kier molecular flexibility index (Phi) is 5.61. The van der Waals surface area contributed by atoms with Gasteiger partial charge in [0.1, 0.15) is 0 Å². The molecule has 1 amide bonds. The highest BCUT2D eigenvalue weighted by atomic mass is 32.1. The van der Waals surface area contributed by atoms with E-state index in [9.17, 15) is 4.79 Å². The van der Waals surface area contributed by atoms with E-state index in [0.29, 0.717) is 5.91 Å². The molecule has 0 aliphatic carbocycles. The van der Waals surface area contributed by atoms with Crippen LogP contribution in [0.3, 0.4) is 0 Å². The van der Waals surface area contributed by atoms with Crippen LogP contribution in [0.4, 0.5) is 0 Å². The predicted molar refractivity (Wildman–Crippen MR) is 85.0 cm³/mol. The van der Waals surface area contributed by atoms with Gasteiger partial charge in [-0.3, -0.25) is 9.69 Å². The Bertz CT molecular complexity index is 431. The minimum absolute atomic E-state index is 0.246. The van der Waals surface area contributed by atoms with Crippen molar-refractivity contribution in [3.63, 3.8) is 0 Å². The molecule has 20 heavy (non-hydrogen) atoms. The van der Waals surface area contributed by atoms with E-state index in [0.717, 1.165) is 45.6 Å². The van der Waals surface area contributed by atoms with E-state index in [2.05, 4.69) is 37.1 Å². The summed E-state index contributed by atoms with van der Waals surface area (Å²) in [4.78, 5) is 18.3. The van der Waals surface area contributed by atoms with Crippen LogP contribution in [0.5, 0.6) is 0 Å². The van der Waals surface area contributed by atoms with E-state index >= 15 is 0 Å². The molecule has 1 fully saturated rings. The first-order valence-corrected chi connectivity index (χ1v) is 8.57. The summed E-state index contributed by atoms with van der Waals surface area (Å²) in [6.07, 6.45) is 2.03. The van der Waals surface area contributed by atoms with E-state index < -0.39 is 0 Å². The lowest BCUT2D eigenvalue weighted by Gasteiger charge is -2.33. The van der Waals surface area contributed by atoms with Gasteiger partial charge in [-0.2, -0.15) is 0 Å². The summed E-state index contributed by atoms with van der Waals surface area (Å²) in [5.74, 6) is 0.609. The van der Waals surface area contributed by atoms with Gasteiger partial charge in [-0.05, 0) is 63.7 Å². The van der Waals surface area contributed by atoms with E-state index in [-0.39, 0.29) is 5.92 Å². The van der Waals surface area contributed by atoms with Crippen LogP contribution in [-0.2, 0) is 11.3 Å². The van der Waals surface area contributed by atoms with Crippen molar-refractivity contribution in [1.82, 2.24) is 9.80 Å². The number of piperidine rings is 1. The van der Waals surface area contributed by atoms with Gasteiger partial charge in [0.15, 0.2) is 0 Å². The molecule has 0 aromatic carbocycles. The molecule has 0 unspecified atom stereocenters. The van der Waals surface area contributed by atoms with Crippen molar-refractivity contribution in [2.75, 3.05) is 26.2 Å². The molecule has 3 nitrogen and oxygen atoms in total. The first-order chi connectivity index (χ1) is 9.65. The number of hydrogen-bond donors (Lipinski definition) is 0. The first-order valence-electron chi connectivity index (χ1n) is 7.69. The number of hydrogen-bond acceptors (Lipinski definition) is 3. The second-order valence-electron chi connectivity index (χ2n) is 5.59. The van der Waals surface area contributed by atoms with Gasteiger partial charge in [0.25, 0.3) is 0 Å². The Morgan fingerprint density at radius 2 is 2.00 bits per heavy atom. The van der Waals surface area contributed by atoms with Crippen molar-refractivity contribution >= 4 is 17.2 Å². The molecule has 1 saturated heterocycles. The van der Waals surface area contributed by atoms with Crippen LogP contribution >= 0.6 is 11.3 Å². The fourth-order valence-corrected chi connectivity index (χ4v) is 3.85. The topological polar surface area (TPSA) is 23.6 Å². The molecule has 112 valence electrons. The fraction of sp³-hybridized carbons (Fsp3) is 0.688. The standard InChI is InChI=1S/C16H26N2OS/c1-4-18(5-2)16(19)14-6-9-17(10-7-14)12-15-13(3)8-11-20-15/h8,11,14H,4-7,9-10,12H2,1-3H3. The van der Waals surface area contributed by atoms with Crippen molar-refractivity contribution in [3.8, 4) is 0 Å². The normalized spacial score (nSPS) is 17.4. The van der Waals surface area contributed by atoms with E-state index in [1.807, 2.05) is 16.2 Å². The summed E-state index contributed by atoms with van der Waals surface area (Å²) in [7, 11) is 0. The maximum absolute atomic E-state index is 12.3. The molecule has 1 aromatic heterocycles. The zero-order valence-electron chi connectivity index (χ0n) is 12.9. The Labute approximate surface area is 126 Å². The molecule has 0 radical (unpaired) electrons. The Morgan fingerprint density at radius 3 is 2.50 bits per heavy atom. The minimum atomic E-state index is 0.246. The van der Waals surface area contributed by atoms with E-state index in [1.165, 1.54) is 10.4 Å². The van der Waals surface area contributed by atoms with Gasteiger partial charge in [-0.25, -0.2) is 0 Å². The smallest absolute Gasteiger partial charge is 0.225 e. The predicted octanol–water partition coefficient (Wildman–Crippen LogP) is 3.14. The molecule has 0 bridgehead atoms. The van der Waals surface area contributed by atoms with Gasteiger partial charge >= 0.3 is 0 Å². The quantitative estimate of drug-likeness (QED) is 0.833. The number of rotatable bonds is 5. The second kappa shape index (κ2) is 7.23. The number of carbonyl (C=O) groups excluding carboxylic acids is 1. The molecule has 2 heterocycles. The minimum Gasteiger partial charge on any atom is -0.343 e. The molecule has 2 rings (SSSR count). The van der Waals surface area contributed by atoms with Crippen molar-refractivity contribution < 1.29 is 4.79 Å². The summed E-state index contributed by atoms with van der Waals surface area (Å²) < 4.78 is 0. The van der Waals surface area contributed by atoms with Crippen molar-refractivity contribution in [1.29, 1.82) is 0 Å². The molecule has 4 heteroatoms. The van der Waals surface area contributed by atoms with Gasteiger partial charge in [0.2, 0.25) is 5.91 Å². The molecule has 0 spiro atoms. The molecular weight excluding hydrogens is 268 g/mol. The van der Waals surface area contributed by atoms with Gasteiger partial charge in [0, 0.05) is 30.4 Å². The third kappa shape index (κ3) is 3.61. The molecule has 1 aliphatic rings. The van der Waals surface area contributed by atoms with Crippen LogP contribution in [0.15, 0.2) is 11.4 Å². The molecule has 1 aromatic rings. The zero-order chi connectivity index (χ0) is 14.5. The number of likely N-dealkylation sites (tertiary alicyclic amines) is 1. The van der Waals surface area contributed by atoms with Gasteiger partial charge in [0.05, 0.1) is 0 Å². The summed E-state index contributed by atoms with van der Waals surface area (Å²) in [6.45, 7) is 11.1. The van der Waals surface area contributed by atoms with Crippen molar-refractivity contribution in [3.05, 3.63) is 21.9 Å². The summed E-state index contributed by atoms with van der Waals surface area (Å²) >= 11 is 1.85. The maximum atomic E-state index is 12.3. The van der Waals surface area contributed by atoms with Crippen LogP contribution < -0.4 is 0 Å². The molecular formula is C16H26N2OS. The summed E-state index contributed by atoms with van der Waals surface area (Å²) in [5.41, 5.74) is 1.40. The van der Waals surface area contributed by atoms with Crippen LogP contribution in [-0.4, -0.2) is 41.9 Å². The molecule has 1 aliphatic heterocycles. The third-order valence-corrected chi connectivity index (χ3v) is 5.36. The Morgan fingerprint density at radius 1 is 1.35 bits per heavy atom. The largest absolute Gasteiger partial charge is 0.343 e. The monoisotopic (exact) mass is 294 g/mol. The van der Waals surface area contributed by atoms with Crippen molar-refractivity contribution in [2.24, 2.45) is 5.92 Å². The first kappa shape index (κ1) is 15.5. The molecule has 0 atom stereocenters. The van der Waals surface area contributed by atoms with E-state index in [4.69, 9.17) is 0 Å². The van der Waals surface area contributed by atoms with Crippen molar-refractivity contribution in [2.45, 2.75) is 40.2 Å². The SMILES string of the molecule is CCN(CC)C(=O)C1CCN(Cc2sccc2C)CC1. The van der Waals surface area contributed by atoms with Crippen LogP contribution in [0.25, 0.3) is 0 Å². The average molecular weight is 294 g/mol. The maximum Gasteiger partial charge on any atom is 0.225 e. The zero-order valence-corrected chi connectivity index (χ0v) is 13.7.